The zero-order valence-corrected chi connectivity index (χ0v) is 31.6. The van der Waals surface area contributed by atoms with Gasteiger partial charge in [-0.2, -0.15) is 10.2 Å². The first-order valence-corrected chi connectivity index (χ1v) is 16.2. The first-order valence-electron chi connectivity index (χ1n) is 14.6. The van der Waals surface area contributed by atoms with Crippen molar-refractivity contribution in [3.8, 4) is 0 Å². The average Bonchev–Trinajstić information content (AvgIpc) is 3.31. The van der Waals surface area contributed by atoms with E-state index in [1.807, 2.05) is 24.1 Å². The van der Waals surface area contributed by atoms with Crippen molar-refractivity contribution in [2.24, 2.45) is 10.2 Å². The molecule has 0 spiro atoms. The van der Waals surface area contributed by atoms with Crippen LogP contribution in [0.1, 0.15) is 67.2 Å². The summed E-state index contributed by atoms with van der Waals surface area (Å²) in [7, 11) is 3.92. The fourth-order valence-electron chi connectivity index (χ4n) is 4.29. The number of hydrazone groups is 2. The molecule has 0 aliphatic carbocycles. The summed E-state index contributed by atoms with van der Waals surface area (Å²) in [4.78, 5) is 8.64. The van der Waals surface area contributed by atoms with Gasteiger partial charge in [-0.25, -0.2) is 0 Å². The summed E-state index contributed by atoms with van der Waals surface area (Å²) < 4.78 is 0. The molecule has 0 aromatic rings. The molecule has 0 fully saturated rings. The summed E-state index contributed by atoms with van der Waals surface area (Å²) in [6.07, 6.45) is 4.87. The smallest absolute Gasteiger partial charge is 0.741 e. The number of hydrogen-bond acceptors (Lipinski definition) is 10. The van der Waals surface area contributed by atoms with Crippen molar-refractivity contribution < 1.29 is 22.4 Å². The Balaban J connectivity index is 0.000000762. The van der Waals surface area contributed by atoms with E-state index in [0.717, 1.165) is 88.3 Å². The fraction of sp³-hybridized carbons (Fsp3) is 0.846. The standard InChI is InChI=1S/2C13H27N5S2.Au/c2*1-5-17(6-2)12(19)14-9-7-8-10-18-11(3)16(4)15-13(18)20;/h2*11H,5-10H2,1-4H3,(H,14,19)(H,15,20);/q;;+3/p-2. The minimum Gasteiger partial charge on any atom is -0.741 e. The molecule has 240 valence electrons. The van der Waals surface area contributed by atoms with Crippen LogP contribution in [0, 0.1) is 0 Å². The van der Waals surface area contributed by atoms with Gasteiger partial charge in [0.1, 0.15) is 12.3 Å². The Morgan fingerprint density at radius 1 is 0.707 bits per heavy atom. The van der Waals surface area contributed by atoms with Crippen molar-refractivity contribution in [2.45, 2.75) is 79.6 Å². The summed E-state index contributed by atoms with van der Waals surface area (Å²) in [5.74, 6) is 0. The maximum atomic E-state index is 5.35. The van der Waals surface area contributed by atoms with E-state index in [0.29, 0.717) is 10.3 Å². The van der Waals surface area contributed by atoms with Gasteiger partial charge in [-0.3, -0.25) is 10.0 Å². The van der Waals surface area contributed by atoms with Crippen LogP contribution in [0.2, 0.25) is 0 Å². The molecular formula is C26H52AuN10S4+. The largest absolute Gasteiger partial charge is 3.00 e. The van der Waals surface area contributed by atoms with E-state index >= 15 is 0 Å². The average molecular weight is 830 g/mol. The van der Waals surface area contributed by atoms with Crippen molar-refractivity contribution in [1.29, 1.82) is 0 Å². The van der Waals surface area contributed by atoms with Crippen LogP contribution in [-0.4, -0.2) is 129 Å². The van der Waals surface area contributed by atoms with Gasteiger partial charge in [-0.15, -0.1) is 0 Å². The molecule has 2 rings (SSSR count). The molecule has 10 nitrogen and oxygen atoms in total. The normalized spacial score (nSPS) is 17.8. The van der Waals surface area contributed by atoms with Crippen LogP contribution in [0.3, 0.4) is 0 Å². The Kier molecular flexibility index (Phi) is 21.3. The van der Waals surface area contributed by atoms with Gasteiger partial charge in [-0.1, -0.05) is 0 Å². The molecule has 0 saturated carbocycles. The van der Waals surface area contributed by atoms with Crippen LogP contribution >= 0.6 is 24.4 Å². The third-order valence-corrected chi connectivity index (χ3v) is 8.70. The molecule has 2 N–H and O–H groups in total. The zero-order valence-electron chi connectivity index (χ0n) is 26.2. The third kappa shape index (κ3) is 13.5. The van der Waals surface area contributed by atoms with E-state index in [2.05, 4.69) is 82.0 Å². The Bertz CT molecular complexity index is 760. The molecule has 0 radical (unpaired) electrons. The zero-order chi connectivity index (χ0) is 30.2. The summed E-state index contributed by atoms with van der Waals surface area (Å²) >= 11 is 21.2. The SMILES string of the molecule is CCN(CC)C(=S)NCCCCN1C([S-])=NN(C)C1C.CCN(CC)C(=S)NCCCCN1C([S-])=NN(C)C1C.[Au+3]. The molecule has 2 unspecified atom stereocenters. The number of rotatable bonds is 14. The Hall–Kier alpha value is -0.900. The summed E-state index contributed by atoms with van der Waals surface area (Å²) in [5, 5.41) is 22.1. The van der Waals surface area contributed by atoms with Crippen LogP contribution < -0.4 is 10.6 Å². The van der Waals surface area contributed by atoms with Gasteiger partial charge in [-0.05, 0) is 91.7 Å². The Morgan fingerprint density at radius 2 is 1.02 bits per heavy atom. The predicted molar refractivity (Wildman–Crippen MR) is 183 cm³/mol. The summed E-state index contributed by atoms with van der Waals surface area (Å²) in [6, 6.07) is 0. The molecular weight excluding hydrogens is 778 g/mol. The number of unbranched alkanes of at least 4 members (excludes halogenated alkanes) is 2. The monoisotopic (exact) mass is 829 g/mol. The summed E-state index contributed by atoms with van der Waals surface area (Å²) in [5.41, 5.74) is 0. The molecule has 0 bridgehead atoms. The van der Waals surface area contributed by atoms with Crippen molar-refractivity contribution in [1.82, 2.24) is 40.3 Å². The molecule has 0 aromatic heterocycles. The predicted octanol–water partition coefficient (Wildman–Crippen LogP) is 2.79. The molecule has 0 aromatic carbocycles. The van der Waals surface area contributed by atoms with Gasteiger partial charge in [0.25, 0.3) is 0 Å². The second kappa shape index (κ2) is 21.7. The number of hydrogen-bond donors (Lipinski definition) is 2. The second-order valence-corrected chi connectivity index (χ2v) is 11.3. The van der Waals surface area contributed by atoms with Crippen LogP contribution in [0.4, 0.5) is 0 Å². The molecule has 0 saturated heterocycles. The molecule has 2 atom stereocenters. The topological polar surface area (TPSA) is 68.2 Å². The van der Waals surface area contributed by atoms with Crippen molar-refractivity contribution in [3.63, 3.8) is 0 Å². The van der Waals surface area contributed by atoms with Crippen LogP contribution in [0.15, 0.2) is 10.2 Å². The molecule has 41 heavy (non-hydrogen) atoms. The number of nitrogens with zero attached hydrogens (tertiary/aromatic N) is 8. The van der Waals surface area contributed by atoms with E-state index in [9.17, 15) is 0 Å². The van der Waals surface area contributed by atoms with Crippen LogP contribution in [-0.2, 0) is 47.6 Å². The van der Waals surface area contributed by atoms with Crippen LogP contribution in [0.25, 0.3) is 0 Å². The molecule has 0 amide bonds. The Morgan fingerprint density at radius 3 is 1.27 bits per heavy atom. The third-order valence-electron chi connectivity index (χ3n) is 7.27. The van der Waals surface area contributed by atoms with E-state index < -0.39 is 0 Å². The van der Waals surface area contributed by atoms with Gasteiger partial charge < -0.3 is 55.5 Å². The summed E-state index contributed by atoms with van der Waals surface area (Å²) in [6.45, 7) is 20.3. The van der Waals surface area contributed by atoms with Crippen molar-refractivity contribution >= 4 is 70.3 Å². The van der Waals surface area contributed by atoms with E-state index in [1.165, 1.54) is 0 Å². The van der Waals surface area contributed by atoms with E-state index in [1.54, 1.807) is 0 Å². The maximum Gasteiger partial charge on any atom is 3.00 e. The van der Waals surface area contributed by atoms with Gasteiger partial charge in [0.15, 0.2) is 10.2 Å². The first-order chi connectivity index (χ1) is 19.0. The molecule has 15 heteroatoms. The van der Waals surface area contributed by atoms with Gasteiger partial charge in [0.2, 0.25) is 0 Å². The van der Waals surface area contributed by atoms with Gasteiger partial charge in [0.05, 0.1) is 0 Å². The molecule has 2 heterocycles. The quantitative estimate of drug-likeness (QED) is 0.117. The molecule has 2 aliphatic heterocycles. The van der Waals surface area contributed by atoms with Crippen molar-refractivity contribution in [3.05, 3.63) is 0 Å². The van der Waals surface area contributed by atoms with Crippen molar-refractivity contribution in [2.75, 3.05) is 66.5 Å². The Labute approximate surface area is 287 Å². The minimum atomic E-state index is 0. The first kappa shape index (κ1) is 40.1. The number of amidine groups is 2. The molecule has 2 aliphatic rings. The number of thiocarbonyl (C=S) groups is 2. The van der Waals surface area contributed by atoms with E-state index in [4.69, 9.17) is 49.7 Å². The van der Waals surface area contributed by atoms with Gasteiger partial charge in [0, 0.05) is 76.8 Å². The van der Waals surface area contributed by atoms with Gasteiger partial charge >= 0.3 is 22.4 Å². The second-order valence-electron chi connectivity index (χ2n) is 9.79. The minimum absolute atomic E-state index is 0. The van der Waals surface area contributed by atoms with Crippen LogP contribution in [0.5, 0.6) is 0 Å². The van der Waals surface area contributed by atoms with E-state index in [-0.39, 0.29) is 34.7 Å². The fourth-order valence-corrected chi connectivity index (χ4v) is 5.76. The maximum absolute atomic E-state index is 5.35. The number of nitrogens with one attached hydrogen (secondary N) is 2.